The molecular weight excluding hydrogens is 476 g/mol. The zero-order valence-corrected chi connectivity index (χ0v) is 21.1. The van der Waals surface area contributed by atoms with Crippen molar-refractivity contribution in [2.75, 3.05) is 16.8 Å². The van der Waals surface area contributed by atoms with Gasteiger partial charge in [0.05, 0.1) is 29.7 Å². The summed E-state index contributed by atoms with van der Waals surface area (Å²) in [4.78, 5) is 54.5. The number of nitrogens with one attached hydrogen (secondary N) is 1. The maximum atomic E-state index is 13.1. The lowest BCUT2D eigenvalue weighted by Crippen LogP contribution is -2.32. The number of fused-ring (bicyclic) bond motifs is 6. The minimum atomic E-state index is -0.408. The second kappa shape index (κ2) is 8.69. The zero-order chi connectivity index (χ0) is 25.1. The first-order chi connectivity index (χ1) is 17.4. The highest BCUT2D eigenvalue weighted by atomic mass is 32.1. The number of aryl methyl sites for hydroxylation is 1. The monoisotopic (exact) mass is 504 g/mol. The third kappa shape index (κ3) is 3.53. The molecule has 2 fully saturated rings. The fourth-order valence-electron chi connectivity index (χ4n) is 6.36. The van der Waals surface area contributed by atoms with Gasteiger partial charge in [0.1, 0.15) is 5.00 Å². The molecule has 0 spiro atoms. The molecule has 0 radical (unpaired) electrons. The predicted molar refractivity (Wildman–Crippen MR) is 136 cm³/mol. The lowest BCUT2D eigenvalue weighted by molar-refractivity contribution is -0.123. The Balaban J connectivity index is 1.22. The van der Waals surface area contributed by atoms with Crippen molar-refractivity contribution in [2.24, 2.45) is 29.6 Å². The fraction of sp³-hybridized carbons (Fsp3) is 0.429. The highest BCUT2D eigenvalue weighted by Gasteiger charge is 2.59. The number of carbonyl (C=O) groups excluding carboxylic acids is 4. The van der Waals surface area contributed by atoms with E-state index in [4.69, 9.17) is 4.74 Å². The minimum Gasteiger partial charge on any atom is -0.462 e. The number of carbonyl (C=O) groups is 4. The third-order valence-electron chi connectivity index (χ3n) is 8.07. The summed E-state index contributed by atoms with van der Waals surface area (Å²) < 4.78 is 5.30. The van der Waals surface area contributed by atoms with Crippen molar-refractivity contribution < 1.29 is 23.9 Å². The van der Waals surface area contributed by atoms with Crippen LogP contribution in [0, 0.1) is 29.6 Å². The van der Waals surface area contributed by atoms with Crippen molar-refractivity contribution in [1.82, 2.24) is 0 Å². The maximum Gasteiger partial charge on any atom is 0.341 e. The lowest BCUT2D eigenvalue weighted by Gasteiger charge is -2.18. The summed E-state index contributed by atoms with van der Waals surface area (Å²) in [6.07, 6.45) is 7.76. The summed E-state index contributed by atoms with van der Waals surface area (Å²) >= 11 is 1.44. The molecule has 2 bridgehead atoms. The molecule has 4 aliphatic rings. The second-order valence-corrected chi connectivity index (χ2v) is 11.4. The van der Waals surface area contributed by atoms with Crippen LogP contribution in [0.2, 0.25) is 0 Å². The van der Waals surface area contributed by atoms with Crippen LogP contribution < -0.4 is 10.2 Å². The van der Waals surface area contributed by atoms with E-state index in [1.54, 1.807) is 31.2 Å². The van der Waals surface area contributed by atoms with Crippen molar-refractivity contribution in [3.63, 3.8) is 0 Å². The van der Waals surface area contributed by atoms with Crippen molar-refractivity contribution in [3.05, 3.63) is 58.0 Å². The van der Waals surface area contributed by atoms with Gasteiger partial charge >= 0.3 is 5.97 Å². The Hall–Kier alpha value is -3.26. The number of hydrogen-bond acceptors (Lipinski definition) is 6. The third-order valence-corrected chi connectivity index (χ3v) is 9.28. The lowest BCUT2D eigenvalue weighted by atomic mass is 9.85. The van der Waals surface area contributed by atoms with E-state index in [0.29, 0.717) is 27.7 Å². The quantitative estimate of drug-likeness (QED) is 0.365. The van der Waals surface area contributed by atoms with Crippen LogP contribution in [0.15, 0.2) is 36.4 Å². The van der Waals surface area contributed by atoms with Gasteiger partial charge in [0.15, 0.2) is 0 Å². The van der Waals surface area contributed by atoms with Gasteiger partial charge in [0.2, 0.25) is 11.8 Å². The molecule has 1 aromatic carbocycles. The average Bonchev–Trinajstić information content (AvgIpc) is 3.61. The smallest absolute Gasteiger partial charge is 0.341 e. The van der Waals surface area contributed by atoms with E-state index >= 15 is 0 Å². The van der Waals surface area contributed by atoms with Gasteiger partial charge in [0.25, 0.3) is 5.91 Å². The van der Waals surface area contributed by atoms with E-state index < -0.39 is 5.97 Å². The number of esters is 1. The molecule has 1 N–H and O–H groups in total. The molecule has 1 saturated heterocycles. The Morgan fingerprint density at radius 3 is 2.39 bits per heavy atom. The van der Waals surface area contributed by atoms with E-state index in [0.717, 1.165) is 36.1 Å². The van der Waals surface area contributed by atoms with Gasteiger partial charge in [-0.2, -0.15) is 0 Å². The Morgan fingerprint density at radius 1 is 1.08 bits per heavy atom. The second-order valence-electron chi connectivity index (χ2n) is 10.3. The molecule has 1 aliphatic heterocycles. The zero-order valence-electron chi connectivity index (χ0n) is 20.3. The van der Waals surface area contributed by atoms with E-state index in [1.165, 1.54) is 16.2 Å². The first kappa shape index (κ1) is 23.2. The Morgan fingerprint density at radius 2 is 1.75 bits per heavy atom. The molecule has 2 heterocycles. The van der Waals surface area contributed by atoms with E-state index in [1.807, 2.05) is 0 Å². The number of amides is 3. The maximum absolute atomic E-state index is 13.1. The van der Waals surface area contributed by atoms with Crippen LogP contribution >= 0.6 is 11.3 Å². The van der Waals surface area contributed by atoms with Crippen LogP contribution in [0.5, 0.6) is 0 Å². The van der Waals surface area contributed by atoms with Crippen LogP contribution in [0.4, 0.5) is 10.7 Å². The molecule has 36 heavy (non-hydrogen) atoms. The summed E-state index contributed by atoms with van der Waals surface area (Å²) in [7, 11) is 0. The highest BCUT2D eigenvalue weighted by molar-refractivity contribution is 7.17. The number of rotatable bonds is 5. The summed E-state index contributed by atoms with van der Waals surface area (Å²) in [5, 5.41) is 3.44. The summed E-state index contributed by atoms with van der Waals surface area (Å²) in [5.41, 5.74) is 2.33. The van der Waals surface area contributed by atoms with Crippen LogP contribution in [-0.4, -0.2) is 30.3 Å². The standard InChI is InChI=1S/C28H28N2O5S/c1-3-35-28(34)23-19-12-14(2)4-11-20(19)36-25(23)29-24(31)15-7-9-18(10-8-15)30-26(32)21-16-5-6-17(13-16)22(21)27(30)33/h5-10,14,16-17,21-22H,3-4,11-13H2,1-2H3,(H,29,31)/t14-,16-,17-,21-,22-/m0/s1. The van der Waals surface area contributed by atoms with Gasteiger partial charge in [-0.15, -0.1) is 11.3 Å². The summed E-state index contributed by atoms with van der Waals surface area (Å²) in [5.74, 6) is -0.786. The first-order valence-electron chi connectivity index (χ1n) is 12.7. The van der Waals surface area contributed by atoms with Crippen molar-refractivity contribution in [3.8, 4) is 0 Å². The number of allylic oxidation sites excluding steroid dienone is 2. The van der Waals surface area contributed by atoms with E-state index in [9.17, 15) is 19.2 Å². The molecule has 8 heteroatoms. The van der Waals surface area contributed by atoms with Crippen molar-refractivity contribution >= 4 is 45.7 Å². The van der Waals surface area contributed by atoms with Crippen LogP contribution in [-0.2, 0) is 27.2 Å². The SMILES string of the molecule is CCOC(=O)c1c(NC(=O)c2ccc(N3C(=O)[C@@H]4[C@@H](C3=O)[C@H]3C=C[C@H]4C3)cc2)sc2c1C[C@@H](C)CC2. The molecule has 5 atom stereocenters. The highest BCUT2D eigenvalue weighted by Crippen LogP contribution is 2.53. The van der Waals surface area contributed by atoms with Crippen LogP contribution in [0.25, 0.3) is 0 Å². The van der Waals surface area contributed by atoms with Gasteiger partial charge in [0, 0.05) is 10.4 Å². The fourth-order valence-corrected chi connectivity index (χ4v) is 7.59. The van der Waals surface area contributed by atoms with Gasteiger partial charge in [-0.25, -0.2) is 4.79 Å². The van der Waals surface area contributed by atoms with Crippen LogP contribution in [0.1, 0.15) is 57.8 Å². The van der Waals surface area contributed by atoms with Gasteiger partial charge in [-0.1, -0.05) is 19.1 Å². The molecule has 1 saturated carbocycles. The predicted octanol–water partition coefficient (Wildman–Crippen LogP) is 4.61. The minimum absolute atomic E-state index is 0.142. The Bertz CT molecular complexity index is 1280. The van der Waals surface area contributed by atoms with Crippen molar-refractivity contribution in [2.45, 2.75) is 39.5 Å². The van der Waals surface area contributed by atoms with Gasteiger partial charge in [-0.3, -0.25) is 19.3 Å². The largest absolute Gasteiger partial charge is 0.462 e. The Labute approximate surface area is 213 Å². The molecule has 0 unspecified atom stereocenters. The van der Waals surface area contributed by atoms with E-state index in [2.05, 4.69) is 24.4 Å². The average molecular weight is 505 g/mol. The molecule has 2 aromatic rings. The number of imide groups is 1. The van der Waals surface area contributed by atoms with Crippen LogP contribution in [0.3, 0.4) is 0 Å². The number of nitrogens with zero attached hydrogens (tertiary/aromatic N) is 1. The molecule has 7 nitrogen and oxygen atoms in total. The Kier molecular flexibility index (Phi) is 5.59. The van der Waals surface area contributed by atoms with Gasteiger partial charge in [-0.05, 0) is 80.2 Å². The molecular formula is C28H28N2O5S. The summed E-state index contributed by atoms with van der Waals surface area (Å²) in [6, 6.07) is 6.53. The first-order valence-corrected chi connectivity index (χ1v) is 13.5. The van der Waals surface area contributed by atoms with Gasteiger partial charge < -0.3 is 10.1 Å². The topological polar surface area (TPSA) is 92.8 Å². The molecule has 1 aromatic heterocycles. The van der Waals surface area contributed by atoms with Crippen molar-refractivity contribution in [1.29, 1.82) is 0 Å². The van der Waals surface area contributed by atoms with E-state index in [-0.39, 0.29) is 48.0 Å². The molecule has 3 amide bonds. The summed E-state index contributed by atoms with van der Waals surface area (Å²) in [6.45, 7) is 4.20. The number of ether oxygens (including phenoxy) is 1. The molecule has 186 valence electrons. The molecule has 3 aliphatic carbocycles. The number of hydrogen-bond donors (Lipinski definition) is 1. The number of thiophene rings is 1. The number of anilines is 2. The normalized spacial score (nSPS) is 27.8. The molecule has 6 rings (SSSR count). The number of benzene rings is 1.